The Morgan fingerprint density at radius 1 is 0.900 bits per heavy atom. The van der Waals surface area contributed by atoms with Crippen molar-refractivity contribution in [1.29, 1.82) is 0 Å². The lowest BCUT2D eigenvalue weighted by Gasteiger charge is -2.18. The molecule has 0 radical (unpaired) electrons. The second-order valence-corrected chi connectivity index (χ2v) is 4.64. The normalized spacial score (nSPS) is 14.4. The third-order valence-corrected chi connectivity index (χ3v) is 2.71. The van der Waals surface area contributed by atoms with Crippen LogP contribution in [0.3, 0.4) is 0 Å². The lowest BCUT2D eigenvalue weighted by atomic mass is 10.2. The molecule has 0 heterocycles. The molecule has 2 unspecified atom stereocenters. The third kappa shape index (κ3) is 12.8. The second kappa shape index (κ2) is 15.2. The Balaban J connectivity index is 3.13. The van der Waals surface area contributed by atoms with Gasteiger partial charge in [-0.3, -0.25) is 0 Å². The van der Waals surface area contributed by atoms with Crippen LogP contribution in [0.5, 0.6) is 0 Å². The first-order chi connectivity index (χ1) is 9.72. The van der Waals surface area contributed by atoms with Gasteiger partial charge in [0.05, 0.1) is 52.4 Å². The van der Waals surface area contributed by atoms with Gasteiger partial charge in [0.2, 0.25) is 0 Å². The van der Waals surface area contributed by atoms with Gasteiger partial charge in [-0.25, -0.2) is 0 Å². The van der Waals surface area contributed by atoms with Gasteiger partial charge in [-0.05, 0) is 13.3 Å². The predicted octanol–water partition coefficient (Wildman–Crippen LogP) is 0.561. The number of unbranched alkanes of at least 4 members (excludes halogenated alkanes) is 1. The summed E-state index contributed by atoms with van der Waals surface area (Å²) in [6, 6.07) is -0.184. The van der Waals surface area contributed by atoms with Crippen LogP contribution in [0.2, 0.25) is 0 Å². The van der Waals surface area contributed by atoms with Crippen molar-refractivity contribution in [3.05, 3.63) is 0 Å². The van der Waals surface area contributed by atoms with Gasteiger partial charge in [0.15, 0.2) is 0 Å². The number of hydrogen-bond acceptors (Lipinski definition) is 6. The zero-order valence-corrected chi connectivity index (χ0v) is 12.9. The van der Waals surface area contributed by atoms with Crippen molar-refractivity contribution < 1.29 is 24.1 Å². The standard InChI is InChI=1S/C14H31NO5/c1-3-4-5-17-6-7-18-8-9-19-10-11-20-14(12-16)13(2)15/h13-14,16H,3-12,15H2,1-2H3. The molecule has 0 bridgehead atoms. The molecule has 0 aliphatic rings. The van der Waals surface area contributed by atoms with Crippen LogP contribution in [-0.4, -0.2) is 70.1 Å². The topological polar surface area (TPSA) is 83.2 Å². The fourth-order valence-corrected chi connectivity index (χ4v) is 1.42. The molecule has 20 heavy (non-hydrogen) atoms. The summed E-state index contributed by atoms with van der Waals surface area (Å²) in [7, 11) is 0. The summed E-state index contributed by atoms with van der Waals surface area (Å²) in [5, 5.41) is 9.00. The number of aliphatic hydroxyl groups is 1. The highest BCUT2D eigenvalue weighted by molar-refractivity contribution is 4.66. The van der Waals surface area contributed by atoms with Crippen LogP contribution < -0.4 is 5.73 Å². The lowest BCUT2D eigenvalue weighted by Crippen LogP contribution is -2.37. The molecule has 0 aliphatic carbocycles. The van der Waals surface area contributed by atoms with Crippen LogP contribution in [0.4, 0.5) is 0 Å². The van der Waals surface area contributed by atoms with E-state index in [2.05, 4.69) is 6.92 Å². The number of hydrogen-bond donors (Lipinski definition) is 2. The van der Waals surface area contributed by atoms with Crippen LogP contribution in [0.25, 0.3) is 0 Å². The molecular weight excluding hydrogens is 262 g/mol. The zero-order valence-electron chi connectivity index (χ0n) is 12.9. The van der Waals surface area contributed by atoms with E-state index in [1.54, 1.807) is 6.92 Å². The minimum atomic E-state index is -0.324. The second-order valence-electron chi connectivity index (χ2n) is 4.64. The number of rotatable bonds is 15. The molecule has 122 valence electrons. The Bertz CT molecular complexity index is 192. The summed E-state index contributed by atoms with van der Waals surface area (Å²) in [6.07, 6.45) is 1.92. The summed E-state index contributed by atoms with van der Waals surface area (Å²) in [6.45, 7) is 7.88. The lowest BCUT2D eigenvalue weighted by molar-refractivity contribution is -0.0384. The highest BCUT2D eigenvalue weighted by Gasteiger charge is 2.12. The van der Waals surface area contributed by atoms with Crippen LogP contribution in [0, 0.1) is 0 Å². The van der Waals surface area contributed by atoms with Gasteiger partial charge in [-0.2, -0.15) is 0 Å². The summed E-state index contributed by atoms with van der Waals surface area (Å²) in [5.41, 5.74) is 5.63. The monoisotopic (exact) mass is 293 g/mol. The summed E-state index contributed by atoms with van der Waals surface area (Å²) >= 11 is 0. The highest BCUT2D eigenvalue weighted by Crippen LogP contribution is 1.95. The summed E-state index contributed by atoms with van der Waals surface area (Å²) in [5.74, 6) is 0. The fraction of sp³-hybridized carbons (Fsp3) is 1.00. The van der Waals surface area contributed by atoms with Crippen molar-refractivity contribution in [2.24, 2.45) is 5.73 Å². The fourth-order valence-electron chi connectivity index (χ4n) is 1.42. The third-order valence-electron chi connectivity index (χ3n) is 2.71. The van der Waals surface area contributed by atoms with Crippen LogP contribution in [0.1, 0.15) is 26.7 Å². The van der Waals surface area contributed by atoms with E-state index in [0.29, 0.717) is 39.6 Å². The molecular formula is C14H31NO5. The molecule has 0 spiro atoms. The molecule has 0 aromatic carbocycles. The molecule has 6 heteroatoms. The van der Waals surface area contributed by atoms with E-state index in [0.717, 1.165) is 19.4 Å². The van der Waals surface area contributed by atoms with Gasteiger partial charge >= 0.3 is 0 Å². The van der Waals surface area contributed by atoms with Crippen LogP contribution in [0.15, 0.2) is 0 Å². The maximum Gasteiger partial charge on any atom is 0.0954 e. The van der Waals surface area contributed by atoms with E-state index in [1.165, 1.54) is 0 Å². The van der Waals surface area contributed by atoms with E-state index in [-0.39, 0.29) is 18.8 Å². The van der Waals surface area contributed by atoms with Crippen molar-refractivity contribution in [3.63, 3.8) is 0 Å². The van der Waals surface area contributed by atoms with E-state index in [4.69, 9.17) is 29.8 Å². The van der Waals surface area contributed by atoms with Crippen LogP contribution in [-0.2, 0) is 18.9 Å². The molecule has 3 N–H and O–H groups in total. The first kappa shape index (κ1) is 19.8. The predicted molar refractivity (Wildman–Crippen MR) is 77.8 cm³/mol. The maximum absolute atomic E-state index is 9.00. The van der Waals surface area contributed by atoms with Gasteiger partial charge in [-0.1, -0.05) is 13.3 Å². The Morgan fingerprint density at radius 2 is 1.40 bits per heavy atom. The van der Waals surface area contributed by atoms with E-state index < -0.39 is 0 Å². The molecule has 0 aliphatic heterocycles. The van der Waals surface area contributed by atoms with Gasteiger partial charge in [0.25, 0.3) is 0 Å². The smallest absolute Gasteiger partial charge is 0.0954 e. The molecule has 0 aromatic heterocycles. The van der Waals surface area contributed by atoms with E-state index >= 15 is 0 Å². The highest BCUT2D eigenvalue weighted by atomic mass is 16.6. The zero-order chi connectivity index (χ0) is 15.1. The number of aliphatic hydroxyl groups excluding tert-OH is 1. The quantitative estimate of drug-likeness (QED) is 0.429. The largest absolute Gasteiger partial charge is 0.394 e. The SMILES string of the molecule is CCCCOCCOCCOCCOC(CO)C(C)N. The van der Waals surface area contributed by atoms with Gasteiger partial charge < -0.3 is 29.8 Å². The molecule has 6 nitrogen and oxygen atoms in total. The molecule has 0 amide bonds. The van der Waals surface area contributed by atoms with Gasteiger partial charge in [0, 0.05) is 12.6 Å². The maximum atomic E-state index is 9.00. The van der Waals surface area contributed by atoms with Crippen molar-refractivity contribution >= 4 is 0 Å². The van der Waals surface area contributed by atoms with Crippen molar-refractivity contribution in [3.8, 4) is 0 Å². The number of nitrogens with two attached hydrogens (primary N) is 1. The molecule has 0 aromatic rings. The van der Waals surface area contributed by atoms with E-state index in [1.807, 2.05) is 0 Å². The molecule has 0 saturated heterocycles. The first-order valence-electron chi connectivity index (χ1n) is 7.43. The summed E-state index contributed by atoms with van der Waals surface area (Å²) < 4.78 is 21.4. The van der Waals surface area contributed by atoms with Crippen molar-refractivity contribution in [2.75, 3.05) is 52.9 Å². The average molecular weight is 293 g/mol. The van der Waals surface area contributed by atoms with Gasteiger partial charge in [-0.15, -0.1) is 0 Å². The molecule has 0 fully saturated rings. The Labute approximate surface area is 122 Å². The molecule has 0 rings (SSSR count). The van der Waals surface area contributed by atoms with Crippen LogP contribution >= 0.6 is 0 Å². The Hall–Kier alpha value is -0.240. The Morgan fingerprint density at radius 3 is 1.85 bits per heavy atom. The van der Waals surface area contributed by atoms with Gasteiger partial charge in [0.1, 0.15) is 0 Å². The minimum absolute atomic E-state index is 0.0706. The minimum Gasteiger partial charge on any atom is -0.394 e. The van der Waals surface area contributed by atoms with Crippen molar-refractivity contribution in [2.45, 2.75) is 38.8 Å². The Kier molecular flexibility index (Phi) is 15.0. The van der Waals surface area contributed by atoms with E-state index in [9.17, 15) is 0 Å². The summed E-state index contributed by atoms with van der Waals surface area (Å²) in [4.78, 5) is 0. The van der Waals surface area contributed by atoms with Crippen molar-refractivity contribution in [1.82, 2.24) is 0 Å². The average Bonchev–Trinajstić information content (AvgIpc) is 2.43. The molecule has 2 atom stereocenters. The number of ether oxygens (including phenoxy) is 4. The molecule has 0 saturated carbocycles. The first-order valence-corrected chi connectivity index (χ1v) is 7.43.